The highest BCUT2D eigenvalue weighted by molar-refractivity contribution is 7.91. The molecule has 0 saturated heterocycles. The smallest absolute Gasteiger partial charge is 0.159 e. The Hall–Kier alpha value is -3.33. The molecule has 1 aliphatic rings. The van der Waals surface area contributed by atoms with Crippen molar-refractivity contribution in [3.05, 3.63) is 61.4 Å². The molecule has 4 aromatic rings. The van der Waals surface area contributed by atoms with Crippen molar-refractivity contribution in [2.24, 2.45) is 7.05 Å². The van der Waals surface area contributed by atoms with E-state index in [1.54, 1.807) is 23.3 Å². The molecule has 0 spiro atoms. The molecular weight excluding hydrogens is 436 g/mol. The van der Waals surface area contributed by atoms with Gasteiger partial charge in [-0.05, 0) is 30.9 Å². The molecule has 0 bridgehead atoms. The lowest BCUT2D eigenvalue weighted by Gasteiger charge is -2.28. The highest BCUT2D eigenvalue weighted by atomic mass is 32.2. The largest absolute Gasteiger partial charge is 0.275 e. The van der Waals surface area contributed by atoms with Gasteiger partial charge in [0.25, 0.3) is 0 Å². The first kappa shape index (κ1) is 21.5. The van der Waals surface area contributed by atoms with Gasteiger partial charge in [0.15, 0.2) is 5.82 Å². The van der Waals surface area contributed by atoms with E-state index in [4.69, 9.17) is 0 Å². The lowest BCUT2D eigenvalue weighted by Crippen LogP contribution is -2.29. The van der Waals surface area contributed by atoms with E-state index >= 15 is 0 Å². The normalized spacial score (nSPS) is 19.0. The topological polar surface area (TPSA) is 95.6 Å². The van der Waals surface area contributed by atoms with Crippen molar-refractivity contribution in [1.29, 1.82) is 0 Å². The molecule has 33 heavy (non-hydrogen) atoms. The van der Waals surface area contributed by atoms with Crippen molar-refractivity contribution in [2.75, 3.05) is 6.26 Å². The molecule has 0 radical (unpaired) electrons. The van der Waals surface area contributed by atoms with Gasteiger partial charge in [-0.2, -0.15) is 10.2 Å². The van der Waals surface area contributed by atoms with Crippen LogP contribution < -0.4 is 0 Å². The molecule has 170 valence electrons. The van der Waals surface area contributed by atoms with Crippen LogP contribution in [0.3, 0.4) is 0 Å². The molecule has 0 N–H and O–H groups in total. The molecule has 0 aliphatic heterocycles. The third-order valence-corrected chi connectivity index (χ3v) is 7.96. The maximum atomic E-state index is 12.0. The number of nitrogens with zero attached hydrogens (tertiary/aromatic N) is 6. The van der Waals surface area contributed by atoms with E-state index in [1.165, 1.54) is 6.26 Å². The lowest BCUT2D eigenvalue weighted by atomic mass is 9.95. The van der Waals surface area contributed by atoms with E-state index in [9.17, 15) is 8.42 Å². The summed E-state index contributed by atoms with van der Waals surface area (Å²) in [4.78, 5) is 9.17. The third-order valence-electron chi connectivity index (χ3n) is 6.32. The quantitative estimate of drug-likeness (QED) is 0.446. The van der Waals surface area contributed by atoms with E-state index in [1.807, 2.05) is 48.5 Å². The summed E-state index contributed by atoms with van der Waals surface area (Å²) in [6.45, 7) is 0. The number of rotatable bonds is 5. The molecule has 3 aromatic heterocycles. The second-order valence-electron chi connectivity index (χ2n) is 8.76. The number of aromatic nitrogens is 6. The molecular formula is C24H26N6O2S. The van der Waals surface area contributed by atoms with Crippen LogP contribution in [0.1, 0.15) is 31.7 Å². The minimum absolute atomic E-state index is 0.0997. The van der Waals surface area contributed by atoms with Gasteiger partial charge < -0.3 is 0 Å². The molecule has 2 atom stereocenters. The highest BCUT2D eigenvalue weighted by Crippen LogP contribution is 2.33. The van der Waals surface area contributed by atoms with Crippen LogP contribution in [0.2, 0.25) is 0 Å². The van der Waals surface area contributed by atoms with Crippen molar-refractivity contribution in [1.82, 2.24) is 29.5 Å². The Bertz CT molecular complexity index is 1370. The van der Waals surface area contributed by atoms with Gasteiger partial charge in [-0.15, -0.1) is 0 Å². The van der Waals surface area contributed by atoms with Crippen molar-refractivity contribution in [3.8, 4) is 33.6 Å². The second kappa shape index (κ2) is 8.55. The van der Waals surface area contributed by atoms with E-state index in [0.717, 1.165) is 47.1 Å². The summed E-state index contributed by atoms with van der Waals surface area (Å²) >= 11 is 0. The fraction of sp³-hybridized carbons (Fsp3) is 0.333. The van der Waals surface area contributed by atoms with Crippen molar-refractivity contribution in [2.45, 2.75) is 37.0 Å². The van der Waals surface area contributed by atoms with E-state index in [0.29, 0.717) is 12.2 Å². The van der Waals surface area contributed by atoms with Crippen LogP contribution in [0.15, 0.2) is 61.4 Å². The molecule has 5 rings (SSSR count). The molecule has 3 heterocycles. The first-order valence-corrected chi connectivity index (χ1v) is 13.0. The van der Waals surface area contributed by atoms with Gasteiger partial charge >= 0.3 is 0 Å². The standard InChI is InChI=1S/C24H26N6O2S/c1-29-15-20(13-27-29)17-5-3-6-18(9-17)24-25-11-19(12-26-24)21-14-28-30(16-21)22-7-4-8-23(10-22)33(2,31)32/h3,5-6,9,11-16,22-23H,4,7-8,10H2,1-2H3/t22?,23-/m1/s1. The third kappa shape index (κ3) is 4.59. The molecule has 1 saturated carbocycles. The van der Waals surface area contributed by atoms with Crippen LogP contribution in [0, 0.1) is 0 Å². The summed E-state index contributed by atoms with van der Waals surface area (Å²) in [6.07, 6.45) is 15.7. The van der Waals surface area contributed by atoms with Crippen LogP contribution in [-0.2, 0) is 16.9 Å². The average molecular weight is 463 g/mol. The number of hydrogen-bond donors (Lipinski definition) is 0. The van der Waals surface area contributed by atoms with Crippen molar-refractivity contribution < 1.29 is 8.42 Å². The van der Waals surface area contributed by atoms with E-state index in [-0.39, 0.29) is 11.3 Å². The first-order valence-electron chi connectivity index (χ1n) is 11.0. The monoisotopic (exact) mass is 462 g/mol. The zero-order chi connectivity index (χ0) is 23.0. The zero-order valence-corrected chi connectivity index (χ0v) is 19.5. The van der Waals surface area contributed by atoms with E-state index in [2.05, 4.69) is 26.2 Å². The Balaban J connectivity index is 1.34. The fourth-order valence-electron chi connectivity index (χ4n) is 4.47. The predicted octanol–water partition coefficient (Wildman–Crippen LogP) is 3.94. The Kier molecular flexibility index (Phi) is 5.57. The van der Waals surface area contributed by atoms with Gasteiger partial charge in [0.05, 0.1) is 23.7 Å². The Morgan fingerprint density at radius 1 is 0.879 bits per heavy atom. The minimum atomic E-state index is -3.03. The van der Waals surface area contributed by atoms with Crippen LogP contribution in [0.4, 0.5) is 0 Å². The summed E-state index contributed by atoms with van der Waals surface area (Å²) in [6, 6.07) is 8.19. The van der Waals surface area contributed by atoms with Gasteiger partial charge in [-0.3, -0.25) is 9.36 Å². The van der Waals surface area contributed by atoms with Crippen LogP contribution in [-0.4, -0.2) is 49.5 Å². The fourth-order valence-corrected chi connectivity index (χ4v) is 5.64. The minimum Gasteiger partial charge on any atom is -0.275 e. The summed E-state index contributed by atoms with van der Waals surface area (Å²) in [5.41, 5.74) is 4.85. The number of hydrogen-bond acceptors (Lipinski definition) is 6. The first-order chi connectivity index (χ1) is 15.9. The SMILES string of the molecule is Cn1cc(-c2cccc(-c3ncc(-c4cnn(C5CCC[C@@H](S(C)(=O)=O)C5)c4)cn3)c2)cn1. The number of benzene rings is 1. The number of aryl methyl sites for hydroxylation is 1. The predicted molar refractivity (Wildman–Crippen MR) is 127 cm³/mol. The van der Waals surface area contributed by atoms with E-state index < -0.39 is 9.84 Å². The van der Waals surface area contributed by atoms with Crippen molar-refractivity contribution >= 4 is 9.84 Å². The molecule has 1 unspecified atom stereocenters. The molecule has 0 amide bonds. The van der Waals surface area contributed by atoms with Gasteiger partial charge in [0.1, 0.15) is 9.84 Å². The molecule has 8 nitrogen and oxygen atoms in total. The van der Waals surface area contributed by atoms with Gasteiger partial charge in [-0.25, -0.2) is 18.4 Å². The van der Waals surface area contributed by atoms with Gasteiger partial charge in [0.2, 0.25) is 0 Å². The van der Waals surface area contributed by atoms with Crippen LogP contribution in [0.25, 0.3) is 33.6 Å². The maximum absolute atomic E-state index is 12.0. The van der Waals surface area contributed by atoms with Gasteiger partial charge in [0, 0.05) is 60.3 Å². The molecule has 1 aliphatic carbocycles. The summed E-state index contributed by atoms with van der Waals surface area (Å²) < 4.78 is 27.7. The highest BCUT2D eigenvalue weighted by Gasteiger charge is 2.30. The Morgan fingerprint density at radius 2 is 1.61 bits per heavy atom. The Labute approximate surface area is 193 Å². The second-order valence-corrected chi connectivity index (χ2v) is 11.1. The van der Waals surface area contributed by atoms with Crippen LogP contribution in [0.5, 0.6) is 0 Å². The zero-order valence-electron chi connectivity index (χ0n) is 18.7. The molecule has 1 aromatic carbocycles. The van der Waals surface area contributed by atoms with Gasteiger partial charge in [-0.1, -0.05) is 24.6 Å². The van der Waals surface area contributed by atoms with Crippen LogP contribution >= 0.6 is 0 Å². The molecule has 9 heteroatoms. The maximum Gasteiger partial charge on any atom is 0.159 e. The summed E-state index contributed by atoms with van der Waals surface area (Å²) in [5, 5.41) is 8.48. The number of sulfone groups is 1. The van der Waals surface area contributed by atoms with Crippen molar-refractivity contribution in [3.63, 3.8) is 0 Å². The summed E-state index contributed by atoms with van der Waals surface area (Å²) in [7, 11) is -1.13. The Morgan fingerprint density at radius 3 is 2.33 bits per heavy atom. The molecule has 1 fully saturated rings. The summed E-state index contributed by atoms with van der Waals surface area (Å²) in [5.74, 6) is 0.653. The average Bonchev–Trinajstić information content (AvgIpc) is 3.49. The lowest BCUT2D eigenvalue weighted by molar-refractivity contribution is 0.329.